The van der Waals surface area contributed by atoms with Crippen molar-refractivity contribution >= 4 is 29.3 Å². The third-order valence-electron chi connectivity index (χ3n) is 4.14. The number of carbonyl (C=O) groups is 2. The second-order valence-electron chi connectivity index (χ2n) is 5.68. The zero-order valence-corrected chi connectivity index (χ0v) is 14.1. The van der Waals surface area contributed by atoms with Crippen LogP contribution in [-0.4, -0.2) is 59.1 Å². The van der Waals surface area contributed by atoms with Crippen LogP contribution in [0.4, 0.5) is 10.5 Å². The summed E-state index contributed by atoms with van der Waals surface area (Å²) in [4.78, 5) is 27.1. The quantitative estimate of drug-likeness (QED) is 0.884. The van der Waals surface area contributed by atoms with Crippen LogP contribution in [-0.2, 0) is 4.79 Å². The van der Waals surface area contributed by atoms with Crippen molar-refractivity contribution in [3.05, 3.63) is 28.8 Å². The molecule has 1 saturated heterocycles. The molecule has 1 fully saturated rings. The number of urea groups is 1. The molecule has 126 valence electrons. The first-order valence-electron chi connectivity index (χ1n) is 7.71. The normalized spacial score (nSPS) is 16.9. The van der Waals surface area contributed by atoms with Crippen LogP contribution in [0.1, 0.15) is 18.9 Å². The SMILES string of the molecule is CCC(C(=O)O)N1CCN(C(=O)Nc2ccc(C)c(Cl)c2)CC1. The standard InChI is InChI=1S/C16H22ClN3O3/c1-3-14(15(21)22)19-6-8-20(9-7-19)16(23)18-12-5-4-11(2)13(17)10-12/h4-5,10,14H,3,6-9H2,1-2H3,(H,18,23)(H,21,22). The van der Waals surface area contributed by atoms with Crippen LogP contribution in [0.2, 0.25) is 5.02 Å². The van der Waals surface area contributed by atoms with Crippen LogP contribution in [0.25, 0.3) is 0 Å². The van der Waals surface area contributed by atoms with E-state index in [2.05, 4.69) is 5.32 Å². The van der Waals surface area contributed by atoms with Gasteiger partial charge >= 0.3 is 12.0 Å². The number of carbonyl (C=O) groups excluding carboxylic acids is 1. The monoisotopic (exact) mass is 339 g/mol. The van der Waals surface area contributed by atoms with E-state index in [-0.39, 0.29) is 6.03 Å². The maximum absolute atomic E-state index is 12.3. The summed E-state index contributed by atoms with van der Waals surface area (Å²) < 4.78 is 0. The number of rotatable bonds is 4. The van der Waals surface area contributed by atoms with Gasteiger partial charge in [-0.3, -0.25) is 9.69 Å². The first kappa shape index (κ1) is 17.6. The number of carboxylic acids is 1. The summed E-state index contributed by atoms with van der Waals surface area (Å²) in [6, 6.07) is 4.73. The molecule has 2 rings (SSSR count). The highest BCUT2D eigenvalue weighted by molar-refractivity contribution is 6.31. The maximum atomic E-state index is 12.3. The van der Waals surface area contributed by atoms with Crippen molar-refractivity contribution in [2.75, 3.05) is 31.5 Å². The number of nitrogens with zero attached hydrogens (tertiary/aromatic N) is 2. The molecule has 0 radical (unpaired) electrons. The van der Waals surface area contributed by atoms with Crippen molar-refractivity contribution in [1.82, 2.24) is 9.80 Å². The average molecular weight is 340 g/mol. The molecule has 2 amide bonds. The van der Waals surface area contributed by atoms with Gasteiger partial charge < -0.3 is 15.3 Å². The van der Waals surface area contributed by atoms with Gasteiger partial charge in [0.05, 0.1) is 0 Å². The van der Waals surface area contributed by atoms with E-state index in [1.54, 1.807) is 11.0 Å². The lowest BCUT2D eigenvalue weighted by molar-refractivity contribution is -0.144. The van der Waals surface area contributed by atoms with E-state index in [0.29, 0.717) is 43.3 Å². The van der Waals surface area contributed by atoms with E-state index >= 15 is 0 Å². The topological polar surface area (TPSA) is 72.9 Å². The van der Waals surface area contributed by atoms with Crippen molar-refractivity contribution in [2.45, 2.75) is 26.3 Å². The predicted octanol–water partition coefficient (Wildman–Crippen LogP) is 2.66. The van der Waals surface area contributed by atoms with Gasteiger partial charge in [0.2, 0.25) is 0 Å². The molecular weight excluding hydrogens is 318 g/mol. The summed E-state index contributed by atoms with van der Waals surface area (Å²) >= 11 is 6.06. The third kappa shape index (κ3) is 4.36. The van der Waals surface area contributed by atoms with Crippen LogP contribution in [0, 0.1) is 6.92 Å². The molecule has 6 nitrogen and oxygen atoms in total. The number of carboxylic acid groups (broad SMARTS) is 1. The molecule has 7 heteroatoms. The largest absolute Gasteiger partial charge is 0.480 e. The van der Waals surface area contributed by atoms with Crippen molar-refractivity contribution in [1.29, 1.82) is 0 Å². The Hall–Kier alpha value is -1.79. The Balaban J connectivity index is 1.90. The van der Waals surface area contributed by atoms with Crippen molar-refractivity contribution in [2.24, 2.45) is 0 Å². The van der Waals surface area contributed by atoms with E-state index in [0.717, 1.165) is 5.56 Å². The van der Waals surface area contributed by atoms with Crippen LogP contribution < -0.4 is 5.32 Å². The number of aliphatic carboxylic acids is 1. The molecule has 0 bridgehead atoms. The summed E-state index contributed by atoms with van der Waals surface area (Å²) in [5.74, 6) is -0.806. The molecule has 0 spiro atoms. The van der Waals surface area contributed by atoms with Gasteiger partial charge in [0, 0.05) is 36.9 Å². The van der Waals surface area contributed by atoms with Gasteiger partial charge in [-0.05, 0) is 31.0 Å². The molecule has 1 atom stereocenters. The van der Waals surface area contributed by atoms with Crippen LogP contribution in [0.3, 0.4) is 0 Å². The third-order valence-corrected chi connectivity index (χ3v) is 4.54. The highest BCUT2D eigenvalue weighted by Gasteiger charge is 2.28. The molecule has 1 aromatic carbocycles. The fourth-order valence-corrected chi connectivity index (χ4v) is 2.88. The Morgan fingerprint density at radius 1 is 1.30 bits per heavy atom. The highest BCUT2D eigenvalue weighted by Crippen LogP contribution is 2.20. The minimum Gasteiger partial charge on any atom is -0.480 e. The van der Waals surface area contributed by atoms with E-state index in [4.69, 9.17) is 11.6 Å². The smallest absolute Gasteiger partial charge is 0.321 e. The van der Waals surface area contributed by atoms with Gasteiger partial charge in [-0.15, -0.1) is 0 Å². The lowest BCUT2D eigenvalue weighted by Gasteiger charge is -2.37. The molecule has 0 saturated carbocycles. The Morgan fingerprint density at radius 3 is 2.48 bits per heavy atom. The summed E-state index contributed by atoms with van der Waals surface area (Å²) in [6.07, 6.45) is 0.559. The zero-order chi connectivity index (χ0) is 17.0. The minimum atomic E-state index is -0.806. The van der Waals surface area contributed by atoms with Gasteiger partial charge in [0.1, 0.15) is 6.04 Å². The Kier molecular flexibility index (Phi) is 5.85. The number of amides is 2. The minimum absolute atomic E-state index is 0.187. The summed E-state index contributed by atoms with van der Waals surface area (Å²) in [6.45, 7) is 5.91. The van der Waals surface area contributed by atoms with Crippen molar-refractivity contribution in [3.8, 4) is 0 Å². The Bertz CT molecular complexity index is 586. The molecular formula is C16H22ClN3O3. The van der Waals surface area contributed by atoms with Gasteiger partial charge in [-0.2, -0.15) is 0 Å². The second kappa shape index (κ2) is 7.66. The molecule has 2 N–H and O–H groups in total. The van der Waals surface area contributed by atoms with E-state index in [9.17, 15) is 14.7 Å². The number of aryl methyl sites for hydroxylation is 1. The van der Waals surface area contributed by atoms with E-state index < -0.39 is 12.0 Å². The van der Waals surface area contributed by atoms with Gasteiger partial charge in [0.25, 0.3) is 0 Å². The van der Waals surface area contributed by atoms with Gasteiger partial charge in [-0.1, -0.05) is 24.6 Å². The van der Waals surface area contributed by atoms with Crippen molar-refractivity contribution in [3.63, 3.8) is 0 Å². The summed E-state index contributed by atoms with van der Waals surface area (Å²) in [5, 5.41) is 12.6. The Morgan fingerprint density at radius 2 is 1.96 bits per heavy atom. The number of halogens is 1. The van der Waals surface area contributed by atoms with Crippen LogP contribution >= 0.6 is 11.6 Å². The first-order valence-corrected chi connectivity index (χ1v) is 8.09. The lowest BCUT2D eigenvalue weighted by atomic mass is 10.1. The van der Waals surface area contributed by atoms with Gasteiger partial charge in [-0.25, -0.2) is 4.79 Å². The maximum Gasteiger partial charge on any atom is 0.321 e. The molecule has 1 aliphatic rings. The number of piperazine rings is 1. The van der Waals surface area contributed by atoms with Gasteiger partial charge in [0.15, 0.2) is 0 Å². The van der Waals surface area contributed by atoms with Crippen molar-refractivity contribution < 1.29 is 14.7 Å². The predicted molar refractivity (Wildman–Crippen MR) is 90.1 cm³/mol. The fourth-order valence-electron chi connectivity index (χ4n) is 2.70. The first-order chi connectivity index (χ1) is 10.9. The average Bonchev–Trinajstić information content (AvgIpc) is 2.52. The molecule has 1 aliphatic heterocycles. The number of hydrogen-bond acceptors (Lipinski definition) is 3. The Labute approximate surface area is 141 Å². The number of nitrogens with one attached hydrogen (secondary N) is 1. The molecule has 1 heterocycles. The number of anilines is 1. The molecule has 0 aliphatic carbocycles. The van der Waals surface area contributed by atoms with Crippen LogP contribution in [0.5, 0.6) is 0 Å². The molecule has 1 aromatic rings. The number of benzene rings is 1. The lowest BCUT2D eigenvalue weighted by Crippen LogP contribution is -2.54. The summed E-state index contributed by atoms with van der Waals surface area (Å²) in [7, 11) is 0. The van der Waals surface area contributed by atoms with Crippen LogP contribution in [0.15, 0.2) is 18.2 Å². The molecule has 23 heavy (non-hydrogen) atoms. The summed E-state index contributed by atoms with van der Waals surface area (Å²) in [5.41, 5.74) is 1.61. The van der Waals surface area contributed by atoms with E-state index in [1.807, 2.05) is 30.9 Å². The molecule has 0 aromatic heterocycles. The second-order valence-corrected chi connectivity index (χ2v) is 6.09. The fraction of sp³-hybridized carbons (Fsp3) is 0.500. The highest BCUT2D eigenvalue weighted by atomic mass is 35.5. The van der Waals surface area contributed by atoms with E-state index in [1.165, 1.54) is 0 Å². The zero-order valence-electron chi connectivity index (χ0n) is 13.4. The number of hydrogen-bond donors (Lipinski definition) is 2. The molecule has 1 unspecified atom stereocenters.